The highest BCUT2D eigenvalue weighted by Crippen LogP contribution is 2.46. The summed E-state index contributed by atoms with van der Waals surface area (Å²) in [4.78, 5) is 0. The van der Waals surface area contributed by atoms with Gasteiger partial charge < -0.3 is 10.1 Å². The van der Waals surface area contributed by atoms with E-state index in [-0.39, 0.29) is 5.75 Å². The fourth-order valence-electron chi connectivity index (χ4n) is 1.95. The molecule has 2 nitrogen and oxygen atoms in total. The van der Waals surface area contributed by atoms with Gasteiger partial charge in [0.05, 0.1) is 13.2 Å². The van der Waals surface area contributed by atoms with Crippen molar-refractivity contribution in [3.8, 4) is 5.75 Å². The van der Waals surface area contributed by atoms with Gasteiger partial charge in [-0.25, -0.2) is 4.39 Å². The predicted octanol–water partition coefficient (Wildman–Crippen LogP) is 3.84. The van der Waals surface area contributed by atoms with Crippen molar-refractivity contribution in [3.05, 3.63) is 29.6 Å². The molecule has 0 spiro atoms. The maximum Gasteiger partial charge on any atom is 0.402 e. The van der Waals surface area contributed by atoms with Crippen molar-refractivity contribution in [2.24, 2.45) is 5.92 Å². The summed E-state index contributed by atoms with van der Waals surface area (Å²) >= 11 is 0. The first-order chi connectivity index (χ1) is 9.52. The molecule has 0 bridgehead atoms. The molecule has 0 aliphatic rings. The van der Waals surface area contributed by atoms with E-state index in [9.17, 15) is 30.7 Å². The Hall–Kier alpha value is -1.51. The number of alkyl halides is 6. The summed E-state index contributed by atoms with van der Waals surface area (Å²) in [6, 6.07) is 0.353. The summed E-state index contributed by atoms with van der Waals surface area (Å²) in [6.07, 6.45) is -11.1. The Kier molecular flexibility index (Phi) is 5.08. The quantitative estimate of drug-likeness (QED) is 0.852. The van der Waals surface area contributed by atoms with Gasteiger partial charge in [-0.3, -0.25) is 0 Å². The minimum absolute atomic E-state index is 0.0123. The summed E-state index contributed by atoms with van der Waals surface area (Å²) in [5, 5.41) is 1.89. The van der Waals surface area contributed by atoms with Gasteiger partial charge in [-0.2, -0.15) is 26.3 Å². The van der Waals surface area contributed by atoms with Crippen LogP contribution in [-0.2, 0) is 0 Å². The average molecular weight is 319 g/mol. The van der Waals surface area contributed by atoms with Crippen LogP contribution in [-0.4, -0.2) is 26.5 Å². The van der Waals surface area contributed by atoms with Crippen LogP contribution < -0.4 is 10.1 Å². The van der Waals surface area contributed by atoms with Gasteiger partial charge in [0, 0.05) is 11.6 Å². The molecule has 1 unspecified atom stereocenters. The minimum Gasteiger partial charge on any atom is -0.497 e. The van der Waals surface area contributed by atoms with E-state index in [0.717, 1.165) is 25.2 Å². The molecule has 1 atom stereocenters. The first-order valence-corrected chi connectivity index (χ1v) is 5.66. The summed E-state index contributed by atoms with van der Waals surface area (Å²) in [5.74, 6) is -4.95. The van der Waals surface area contributed by atoms with Crippen LogP contribution in [0.1, 0.15) is 11.6 Å². The SMILES string of the molecule is CNC(c1ccc(OC)cc1F)C(C(F)(F)F)C(F)(F)F. The number of hydrogen-bond donors (Lipinski definition) is 1. The van der Waals surface area contributed by atoms with Crippen molar-refractivity contribution < 1.29 is 35.5 Å². The van der Waals surface area contributed by atoms with Crippen LogP contribution >= 0.6 is 0 Å². The molecule has 21 heavy (non-hydrogen) atoms. The van der Waals surface area contributed by atoms with Crippen LogP contribution in [0.2, 0.25) is 0 Å². The third-order valence-corrected chi connectivity index (χ3v) is 2.89. The maximum atomic E-state index is 13.8. The number of ether oxygens (including phenoxy) is 1. The smallest absolute Gasteiger partial charge is 0.402 e. The predicted molar refractivity (Wildman–Crippen MR) is 60.4 cm³/mol. The van der Waals surface area contributed by atoms with E-state index in [1.54, 1.807) is 0 Å². The van der Waals surface area contributed by atoms with Crippen molar-refractivity contribution in [2.45, 2.75) is 18.4 Å². The van der Waals surface area contributed by atoms with Gasteiger partial charge in [0.1, 0.15) is 11.6 Å². The van der Waals surface area contributed by atoms with E-state index >= 15 is 0 Å². The minimum atomic E-state index is -5.57. The topological polar surface area (TPSA) is 21.3 Å². The Bertz CT molecular complexity index is 469. The van der Waals surface area contributed by atoms with Gasteiger partial charge in [-0.05, 0) is 13.1 Å². The van der Waals surface area contributed by atoms with Gasteiger partial charge in [-0.1, -0.05) is 6.07 Å². The molecule has 0 aliphatic carbocycles. The molecular weight excluding hydrogens is 307 g/mol. The molecule has 0 aromatic heterocycles. The summed E-state index contributed by atoms with van der Waals surface area (Å²) in [7, 11) is 2.09. The second kappa shape index (κ2) is 6.08. The normalized spacial score (nSPS) is 14.4. The summed E-state index contributed by atoms with van der Waals surface area (Å²) < 4.78 is 94.7. The fraction of sp³-hybridized carbons (Fsp3) is 0.500. The van der Waals surface area contributed by atoms with Crippen molar-refractivity contribution in [2.75, 3.05) is 14.2 Å². The zero-order valence-corrected chi connectivity index (χ0v) is 10.9. The molecule has 1 rings (SSSR count). The Labute approximate surface area is 115 Å². The Morgan fingerprint density at radius 2 is 1.57 bits per heavy atom. The largest absolute Gasteiger partial charge is 0.497 e. The van der Waals surface area contributed by atoms with Crippen LogP contribution in [0.3, 0.4) is 0 Å². The van der Waals surface area contributed by atoms with E-state index < -0.39 is 35.7 Å². The number of rotatable bonds is 4. The molecule has 0 heterocycles. The van der Waals surface area contributed by atoms with E-state index in [4.69, 9.17) is 0 Å². The molecule has 0 fully saturated rings. The number of benzene rings is 1. The highest BCUT2D eigenvalue weighted by molar-refractivity contribution is 5.31. The molecular formula is C12H12F7NO. The van der Waals surface area contributed by atoms with Gasteiger partial charge >= 0.3 is 12.4 Å². The van der Waals surface area contributed by atoms with E-state index in [2.05, 4.69) is 4.74 Å². The number of hydrogen-bond acceptors (Lipinski definition) is 2. The second-order valence-corrected chi connectivity index (χ2v) is 4.21. The molecule has 0 saturated heterocycles. The average Bonchev–Trinajstić information content (AvgIpc) is 2.32. The standard InChI is InChI=1S/C12H12F7NO/c1-20-9(10(11(14,15)16)12(17,18)19)7-4-3-6(21-2)5-8(7)13/h3-5,9-10,20H,1-2H3. The van der Waals surface area contributed by atoms with Crippen LogP contribution in [0.4, 0.5) is 30.7 Å². The highest BCUT2D eigenvalue weighted by Gasteiger charge is 2.60. The van der Waals surface area contributed by atoms with Crippen LogP contribution in [0, 0.1) is 11.7 Å². The highest BCUT2D eigenvalue weighted by atomic mass is 19.4. The number of halogens is 7. The first-order valence-electron chi connectivity index (χ1n) is 5.66. The van der Waals surface area contributed by atoms with Gasteiger partial charge in [0.15, 0.2) is 5.92 Å². The molecule has 1 aromatic carbocycles. The monoisotopic (exact) mass is 319 g/mol. The molecule has 0 aliphatic heterocycles. The molecule has 0 amide bonds. The van der Waals surface area contributed by atoms with E-state index in [1.165, 1.54) is 7.11 Å². The third kappa shape index (κ3) is 3.99. The lowest BCUT2D eigenvalue weighted by Crippen LogP contribution is -2.45. The molecule has 9 heteroatoms. The van der Waals surface area contributed by atoms with Crippen molar-refractivity contribution in [1.82, 2.24) is 5.32 Å². The van der Waals surface area contributed by atoms with E-state index in [1.807, 2.05) is 5.32 Å². The van der Waals surface area contributed by atoms with Crippen molar-refractivity contribution in [1.29, 1.82) is 0 Å². The van der Waals surface area contributed by atoms with Crippen molar-refractivity contribution >= 4 is 0 Å². The zero-order valence-electron chi connectivity index (χ0n) is 10.9. The second-order valence-electron chi connectivity index (χ2n) is 4.21. The van der Waals surface area contributed by atoms with Gasteiger partial charge in [-0.15, -0.1) is 0 Å². The lowest BCUT2D eigenvalue weighted by molar-refractivity contribution is -0.292. The molecule has 120 valence electrons. The fourth-order valence-corrected chi connectivity index (χ4v) is 1.95. The van der Waals surface area contributed by atoms with Gasteiger partial charge in [0.2, 0.25) is 0 Å². The maximum absolute atomic E-state index is 13.8. The van der Waals surface area contributed by atoms with Crippen LogP contribution in [0.15, 0.2) is 18.2 Å². The van der Waals surface area contributed by atoms with Crippen LogP contribution in [0.5, 0.6) is 5.75 Å². The van der Waals surface area contributed by atoms with E-state index in [0.29, 0.717) is 0 Å². The molecule has 1 aromatic rings. The summed E-state index contributed by atoms with van der Waals surface area (Å²) in [5.41, 5.74) is -0.738. The summed E-state index contributed by atoms with van der Waals surface area (Å²) in [6.45, 7) is 0. The van der Waals surface area contributed by atoms with Gasteiger partial charge in [0.25, 0.3) is 0 Å². The first kappa shape index (κ1) is 17.5. The number of nitrogens with one attached hydrogen (secondary N) is 1. The number of methoxy groups -OCH3 is 1. The Morgan fingerprint density at radius 3 is 1.90 bits per heavy atom. The lowest BCUT2D eigenvalue weighted by Gasteiger charge is -2.31. The Morgan fingerprint density at radius 1 is 1.05 bits per heavy atom. The molecule has 0 radical (unpaired) electrons. The van der Waals surface area contributed by atoms with Crippen molar-refractivity contribution in [3.63, 3.8) is 0 Å². The van der Waals surface area contributed by atoms with Crippen LogP contribution in [0.25, 0.3) is 0 Å². The lowest BCUT2D eigenvalue weighted by atomic mass is 9.91. The Balaban J connectivity index is 3.33. The molecule has 1 N–H and O–H groups in total. The zero-order chi connectivity index (χ0) is 16.4. The third-order valence-electron chi connectivity index (χ3n) is 2.89. The molecule has 0 saturated carbocycles.